The van der Waals surface area contributed by atoms with E-state index in [0.717, 1.165) is 89.4 Å². The Bertz CT molecular complexity index is 3070. The van der Waals surface area contributed by atoms with E-state index < -0.39 is 5.91 Å². The number of benzene rings is 4. The van der Waals surface area contributed by atoms with E-state index in [4.69, 9.17) is 4.74 Å². The molecule has 428 valence electrons. The second-order valence-corrected chi connectivity index (χ2v) is 22.3. The number of likely N-dealkylation sites (tertiary alicyclic amines) is 1. The van der Waals surface area contributed by atoms with Gasteiger partial charge < -0.3 is 45.6 Å². The summed E-state index contributed by atoms with van der Waals surface area (Å²) in [5.41, 5.74) is 5.39. The fraction of sp³-hybridized carbons (Fsp3) is 0.500. The Labute approximate surface area is 470 Å². The second-order valence-electron chi connectivity index (χ2n) is 22.3. The zero-order chi connectivity index (χ0) is 56.8. The minimum absolute atomic E-state index is 0.0169. The highest BCUT2D eigenvalue weighted by molar-refractivity contribution is 5.93. The highest BCUT2D eigenvalue weighted by Crippen LogP contribution is 2.40. The van der Waals surface area contributed by atoms with Crippen molar-refractivity contribution in [1.82, 2.24) is 64.7 Å². The Kier molecular flexibility index (Phi) is 18.5. The van der Waals surface area contributed by atoms with Crippen LogP contribution in [-0.2, 0) is 17.8 Å². The van der Waals surface area contributed by atoms with Crippen LogP contribution in [-0.4, -0.2) is 197 Å². The molecule has 2 amide bonds. The first kappa shape index (κ1) is 57.7. The number of nitrogens with one attached hydrogen (secondary N) is 2. The van der Waals surface area contributed by atoms with E-state index in [2.05, 4.69) is 83.3 Å². The number of aromatic hydroxyl groups is 4. The third kappa shape index (κ3) is 13.0. The predicted molar refractivity (Wildman–Crippen MR) is 308 cm³/mol. The van der Waals surface area contributed by atoms with Crippen molar-refractivity contribution in [3.63, 3.8) is 0 Å². The van der Waals surface area contributed by atoms with Crippen molar-refractivity contribution in [2.45, 2.75) is 104 Å². The zero-order valence-electron chi connectivity index (χ0n) is 47.8. The van der Waals surface area contributed by atoms with E-state index in [0.29, 0.717) is 59.9 Å². The maximum Gasteiger partial charge on any atom is 0.289 e. The summed E-state index contributed by atoms with van der Waals surface area (Å²) in [4.78, 5) is 40.6. The van der Waals surface area contributed by atoms with Gasteiger partial charge in [-0.2, -0.15) is 0 Å². The van der Waals surface area contributed by atoms with Crippen LogP contribution in [0.3, 0.4) is 0 Å². The molecule has 20 nitrogen and oxygen atoms in total. The number of rotatable bonds is 20. The molecule has 0 radical (unpaired) electrons. The van der Waals surface area contributed by atoms with Gasteiger partial charge in [-0.3, -0.25) is 33.4 Å². The van der Waals surface area contributed by atoms with Crippen molar-refractivity contribution < 1.29 is 34.8 Å². The number of hydrogen-bond donors (Lipinski definition) is 6. The van der Waals surface area contributed by atoms with Crippen LogP contribution in [0.15, 0.2) is 72.8 Å². The standard InChI is InChI=1S/C60H81N13O7/c1-9-68(10-2)35-40-12-16-43(17-13-40)72-55(47-30-45(38(4)5)50(74)32-52(47)76)63-65-57(72)59(78)61-34-49(71-26-24-69(11-3)25-27-71)54-37-70(28-29-80-54)36-41-14-18-44(19-15-41)73-56(48-31-46(39(6)7)51(75)33-53(48)77)64-66-58(73)60(79)62-42-20-22-67(8)23-21-42/h12-19,30-33,38-39,42,49,54,74-77H,9-11,20-29,34-37H2,1-8H3,(H,61,78)(H,62,79). The molecule has 0 aliphatic carbocycles. The number of aromatic nitrogens is 6. The molecular weight excluding hydrogens is 1010 g/mol. The van der Waals surface area contributed by atoms with Crippen molar-refractivity contribution in [2.75, 3.05) is 92.2 Å². The van der Waals surface area contributed by atoms with Crippen LogP contribution in [0.5, 0.6) is 23.0 Å². The van der Waals surface area contributed by atoms with E-state index in [1.807, 2.05) is 76.2 Å². The summed E-state index contributed by atoms with van der Waals surface area (Å²) < 4.78 is 10.0. The SMILES string of the molecule is CCN1CCN(C(CNC(=O)c2nnc(-c3cc(C(C)C)c(O)cc3O)n2-c2ccc(CN(CC)CC)cc2)C2CN(Cc3ccc(-n4c(C(=O)NC5CCN(C)CC5)nnc4-c4cc(C(C)C)c(O)cc4O)cc3)CCO2)CC1. The number of piperazine rings is 1. The number of phenolic OH excluding ortho intramolecular Hbond substituents is 4. The molecule has 6 N–H and O–H groups in total. The molecular formula is C60H81N13O7. The molecule has 80 heavy (non-hydrogen) atoms. The smallest absolute Gasteiger partial charge is 0.289 e. The lowest BCUT2D eigenvalue weighted by molar-refractivity contribution is -0.0791. The van der Waals surface area contributed by atoms with Crippen LogP contribution < -0.4 is 10.6 Å². The summed E-state index contributed by atoms with van der Waals surface area (Å²) in [6, 6.07) is 21.8. The number of carbonyl (C=O) groups is 2. The lowest BCUT2D eigenvalue weighted by Crippen LogP contribution is -2.61. The van der Waals surface area contributed by atoms with Gasteiger partial charge in [-0.05, 0) is 123 Å². The molecule has 2 aromatic heterocycles. The Morgan fingerprint density at radius 2 is 1.18 bits per heavy atom. The maximum atomic E-state index is 14.7. The first-order chi connectivity index (χ1) is 38.5. The fourth-order valence-electron chi connectivity index (χ4n) is 11.3. The number of amides is 2. The number of morpholine rings is 1. The summed E-state index contributed by atoms with van der Waals surface area (Å²) in [6.45, 7) is 25.6. The van der Waals surface area contributed by atoms with Crippen molar-refractivity contribution in [1.29, 1.82) is 0 Å². The number of carbonyl (C=O) groups excluding carboxylic acids is 2. The molecule has 0 spiro atoms. The zero-order valence-corrected chi connectivity index (χ0v) is 47.8. The molecule has 3 saturated heterocycles. The molecule has 20 heteroatoms. The van der Waals surface area contributed by atoms with Gasteiger partial charge in [0.25, 0.3) is 11.8 Å². The molecule has 9 rings (SSSR count). The molecule has 3 aliphatic heterocycles. The molecule has 4 aromatic carbocycles. The molecule has 3 fully saturated rings. The average Bonchev–Trinajstić information content (AvgIpc) is 4.21. The summed E-state index contributed by atoms with van der Waals surface area (Å²) in [5, 5.41) is 68.4. The van der Waals surface area contributed by atoms with E-state index in [1.54, 1.807) is 21.3 Å². The van der Waals surface area contributed by atoms with Crippen LogP contribution in [0.4, 0.5) is 0 Å². The molecule has 5 heterocycles. The minimum Gasteiger partial charge on any atom is -0.508 e. The summed E-state index contributed by atoms with van der Waals surface area (Å²) in [6.07, 6.45) is 1.37. The van der Waals surface area contributed by atoms with Crippen molar-refractivity contribution in [3.05, 3.63) is 107 Å². The minimum atomic E-state index is -0.428. The van der Waals surface area contributed by atoms with Crippen molar-refractivity contribution in [2.24, 2.45) is 0 Å². The number of piperidine rings is 1. The van der Waals surface area contributed by atoms with Crippen LogP contribution in [0.1, 0.15) is 117 Å². The van der Waals surface area contributed by atoms with Crippen molar-refractivity contribution >= 4 is 11.8 Å². The largest absolute Gasteiger partial charge is 0.508 e. The van der Waals surface area contributed by atoms with Gasteiger partial charge in [-0.25, -0.2) is 0 Å². The van der Waals surface area contributed by atoms with Crippen LogP contribution >= 0.6 is 0 Å². The average molecular weight is 1100 g/mol. The van der Waals surface area contributed by atoms with E-state index in [-0.39, 0.29) is 88.8 Å². The van der Waals surface area contributed by atoms with Crippen LogP contribution in [0, 0.1) is 0 Å². The lowest BCUT2D eigenvalue weighted by Gasteiger charge is -2.44. The number of phenols is 4. The number of ether oxygens (including phenoxy) is 1. The van der Waals surface area contributed by atoms with Gasteiger partial charge in [0.2, 0.25) is 11.6 Å². The van der Waals surface area contributed by atoms with E-state index >= 15 is 0 Å². The molecule has 6 aromatic rings. The summed E-state index contributed by atoms with van der Waals surface area (Å²) >= 11 is 0. The Morgan fingerprint density at radius 3 is 1.69 bits per heavy atom. The van der Waals surface area contributed by atoms with Gasteiger partial charge in [0.15, 0.2) is 11.6 Å². The Hall–Kier alpha value is -6.94. The van der Waals surface area contributed by atoms with Gasteiger partial charge >= 0.3 is 0 Å². The van der Waals surface area contributed by atoms with Crippen LogP contribution in [0.2, 0.25) is 0 Å². The highest BCUT2D eigenvalue weighted by atomic mass is 16.5. The van der Waals surface area contributed by atoms with Gasteiger partial charge in [0, 0.05) is 88.5 Å². The van der Waals surface area contributed by atoms with Gasteiger partial charge in [0.05, 0.1) is 29.9 Å². The second kappa shape index (κ2) is 25.7. The number of likely N-dealkylation sites (N-methyl/N-ethyl adjacent to an activating group) is 1. The predicted octanol–water partition coefficient (Wildman–Crippen LogP) is 6.55. The lowest BCUT2D eigenvalue weighted by atomic mass is 9.98. The van der Waals surface area contributed by atoms with Crippen LogP contribution in [0.25, 0.3) is 34.2 Å². The maximum absolute atomic E-state index is 14.7. The normalized spacial score (nSPS) is 17.7. The third-order valence-electron chi connectivity index (χ3n) is 16.3. The van der Waals surface area contributed by atoms with E-state index in [1.165, 1.54) is 12.1 Å². The first-order valence-corrected chi connectivity index (χ1v) is 28.6. The number of hydrogen-bond acceptors (Lipinski definition) is 16. The number of nitrogens with zero attached hydrogens (tertiary/aromatic N) is 11. The molecule has 0 bridgehead atoms. The fourth-order valence-corrected chi connectivity index (χ4v) is 11.3. The molecule has 0 saturated carbocycles. The Balaban J connectivity index is 0.966. The molecule has 2 unspecified atom stereocenters. The Morgan fingerprint density at radius 1 is 0.650 bits per heavy atom. The molecule has 3 aliphatic rings. The van der Waals surface area contributed by atoms with Gasteiger partial charge in [-0.1, -0.05) is 72.7 Å². The summed E-state index contributed by atoms with van der Waals surface area (Å²) in [5.74, 6) is -0.602. The topological polar surface area (TPSA) is 226 Å². The quantitative estimate of drug-likeness (QED) is 0.0476. The third-order valence-corrected chi connectivity index (χ3v) is 16.3. The van der Waals surface area contributed by atoms with Gasteiger partial charge in [-0.15, -0.1) is 20.4 Å². The molecule has 2 atom stereocenters. The summed E-state index contributed by atoms with van der Waals surface area (Å²) in [7, 11) is 2.07. The van der Waals surface area contributed by atoms with E-state index in [9.17, 15) is 30.0 Å². The van der Waals surface area contributed by atoms with Crippen molar-refractivity contribution in [3.8, 4) is 57.1 Å². The highest BCUT2D eigenvalue weighted by Gasteiger charge is 2.36. The first-order valence-electron chi connectivity index (χ1n) is 28.6. The monoisotopic (exact) mass is 1100 g/mol. The van der Waals surface area contributed by atoms with Gasteiger partial charge in [0.1, 0.15) is 23.0 Å².